The summed E-state index contributed by atoms with van der Waals surface area (Å²) in [4.78, 5) is 23.6. The van der Waals surface area contributed by atoms with Crippen molar-refractivity contribution in [1.82, 2.24) is 0 Å². The Morgan fingerprint density at radius 1 is 1.08 bits per heavy atom. The number of sulfonamides is 1. The number of Topliss-reactive ketones (excluding diaryl/α,β-unsaturated/α-hetero) is 1. The Morgan fingerprint density at radius 3 is 2.31 bits per heavy atom. The fourth-order valence-corrected chi connectivity index (χ4v) is 3.37. The van der Waals surface area contributed by atoms with E-state index in [9.17, 15) is 18.0 Å². The van der Waals surface area contributed by atoms with Crippen LogP contribution in [0.25, 0.3) is 0 Å². The Kier molecular flexibility index (Phi) is 6.15. The van der Waals surface area contributed by atoms with Crippen molar-refractivity contribution in [2.75, 3.05) is 22.4 Å². The van der Waals surface area contributed by atoms with E-state index in [-0.39, 0.29) is 24.7 Å². The van der Waals surface area contributed by atoms with Gasteiger partial charge in [0.05, 0.1) is 11.9 Å². The van der Waals surface area contributed by atoms with Gasteiger partial charge in [0.1, 0.15) is 0 Å². The maximum absolute atomic E-state index is 12.2. The van der Waals surface area contributed by atoms with Crippen molar-refractivity contribution in [2.45, 2.75) is 20.3 Å². The summed E-state index contributed by atoms with van der Waals surface area (Å²) in [7, 11) is -3.51. The first kappa shape index (κ1) is 19.7. The van der Waals surface area contributed by atoms with Crippen LogP contribution in [0, 0.1) is 6.92 Å². The highest BCUT2D eigenvalue weighted by molar-refractivity contribution is 7.92. The fourth-order valence-electron chi connectivity index (χ4n) is 2.44. The minimum Gasteiger partial charge on any atom is -0.326 e. The second-order valence-electron chi connectivity index (χ2n) is 6.11. The summed E-state index contributed by atoms with van der Waals surface area (Å²) in [5, 5.41) is 2.69. The van der Waals surface area contributed by atoms with Crippen LogP contribution in [0.5, 0.6) is 0 Å². The molecule has 2 rings (SSSR count). The number of hydrogen-bond donors (Lipinski definition) is 1. The number of hydrogen-bond acceptors (Lipinski definition) is 4. The zero-order chi connectivity index (χ0) is 19.3. The molecule has 0 aliphatic carbocycles. The molecule has 0 radical (unpaired) electrons. The molecule has 0 aliphatic heterocycles. The first-order chi connectivity index (χ1) is 12.2. The number of aryl methyl sites for hydroxylation is 1. The zero-order valence-corrected chi connectivity index (χ0v) is 15.8. The minimum absolute atomic E-state index is 0.00869. The Morgan fingerprint density at radius 2 is 1.73 bits per heavy atom. The molecule has 1 amide bonds. The van der Waals surface area contributed by atoms with Gasteiger partial charge in [-0.2, -0.15) is 0 Å². The minimum atomic E-state index is -3.51. The van der Waals surface area contributed by atoms with Crippen LogP contribution in [0.4, 0.5) is 11.4 Å². The number of amides is 1. The molecule has 2 aromatic carbocycles. The molecule has 0 heterocycles. The first-order valence-electron chi connectivity index (χ1n) is 8.12. The molecule has 6 nitrogen and oxygen atoms in total. The van der Waals surface area contributed by atoms with Crippen LogP contribution in [0.1, 0.15) is 29.3 Å². The molecular weight excluding hydrogens is 352 g/mol. The average Bonchev–Trinajstić information content (AvgIpc) is 2.55. The number of rotatable bonds is 7. The highest BCUT2D eigenvalue weighted by Crippen LogP contribution is 2.19. The predicted molar refractivity (Wildman–Crippen MR) is 103 cm³/mol. The Hall–Kier alpha value is -2.67. The Labute approximate surface area is 153 Å². The SMILES string of the molecule is CC(=O)c1cccc(NC(=O)CCN(c2ccc(C)cc2)S(C)(=O)=O)c1. The molecule has 0 unspecified atom stereocenters. The molecule has 7 heteroatoms. The van der Waals surface area contributed by atoms with Crippen molar-refractivity contribution in [2.24, 2.45) is 0 Å². The topological polar surface area (TPSA) is 83.6 Å². The normalized spacial score (nSPS) is 11.0. The summed E-state index contributed by atoms with van der Waals surface area (Å²) in [5.74, 6) is -0.421. The number of nitrogens with one attached hydrogen (secondary N) is 1. The van der Waals surface area contributed by atoms with E-state index < -0.39 is 10.0 Å². The summed E-state index contributed by atoms with van der Waals surface area (Å²) in [5.41, 5.74) is 2.54. The average molecular weight is 374 g/mol. The molecule has 26 heavy (non-hydrogen) atoms. The monoisotopic (exact) mass is 374 g/mol. The quantitative estimate of drug-likeness (QED) is 0.755. The summed E-state index contributed by atoms with van der Waals surface area (Å²) >= 11 is 0. The lowest BCUT2D eigenvalue weighted by atomic mass is 10.1. The van der Waals surface area contributed by atoms with Gasteiger partial charge < -0.3 is 5.32 Å². The molecule has 0 atom stereocenters. The zero-order valence-electron chi connectivity index (χ0n) is 15.0. The van der Waals surface area contributed by atoms with E-state index in [0.29, 0.717) is 16.9 Å². The van der Waals surface area contributed by atoms with Crippen molar-refractivity contribution in [3.63, 3.8) is 0 Å². The second-order valence-corrected chi connectivity index (χ2v) is 8.01. The van der Waals surface area contributed by atoms with Gasteiger partial charge in [-0.05, 0) is 38.1 Å². The van der Waals surface area contributed by atoms with E-state index in [0.717, 1.165) is 11.8 Å². The smallest absolute Gasteiger partial charge is 0.232 e. The van der Waals surface area contributed by atoms with Gasteiger partial charge in [0.2, 0.25) is 15.9 Å². The number of benzene rings is 2. The van der Waals surface area contributed by atoms with Crippen molar-refractivity contribution < 1.29 is 18.0 Å². The van der Waals surface area contributed by atoms with Gasteiger partial charge in [-0.1, -0.05) is 29.8 Å². The van der Waals surface area contributed by atoms with Crippen molar-refractivity contribution in [3.8, 4) is 0 Å². The van der Waals surface area contributed by atoms with Crippen molar-refractivity contribution in [1.29, 1.82) is 0 Å². The number of carbonyl (C=O) groups is 2. The molecule has 1 N–H and O–H groups in total. The van der Waals surface area contributed by atoms with Gasteiger partial charge >= 0.3 is 0 Å². The molecule has 0 saturated carbocycles. The van der Waals surface area contributed by atoms with Gasteiger partial charge in [-0.15, -0.1) is 0 Å². The highest BCUT2D eigenvalue weighted by atomic mass is 32.2. The van der Waals surface area contributed by atoms with E-state index in [1.165, 1.54) is 11.2 Å². The van der Waals surface area contributed by atoms with Crippen LogP contribution >= 0.6 is 0 Å². The largest absolute Gasteiger partial charge is 0.326 e. The maximum atomic E-state index is 12.2. The number of ketones is 1. The van der Waals surface area contributed by atoms with E-state index in [4.69, 9.17) is 0 Å². The molecule has 0 spiro atoms. The third-order valence-corrected chi connectivity index (χ3v) is 5.01. The molecule has 0 saturated heterocycles. The highest BCUT2D eigenvalue weighted by Gasteiger charge is 2.18. The van der Waals surface area contributed by atoms with Crippen LogP contribution in [-0.2, 0) is 14.8 Å². The van der Waals surface area contributed by atoms with E-state index in [2.05, 4.69) is 5.32 Å². The third-order valence-electron chi connectivity index (χ3n) is 3.82. The third kappa shape index (κ3) is 5.42. The van der Waals surface area contributed by atoms with Gasteiger partial charge in [0.15, 0.2) is 5.78 Å². The summed E-state index contributed by atoms with van der Waals surface area (Å²) in [6.07, 6.45) is 1.10. The van der Waals surface area contributed by atoms with Crippen molar-refractivity contribution in [3.05, 3.63) is 59.7 Å². The maximum Gasteiger partial charge on any atom is 0.232 e. The molecule has 0 fully saturated rings. The van der Waals surface area contributed by atoms with Crippen LogP contribution < -0.4 is 9.62 Å². The van der Waals surface area contributed by atoms with Crippen LogP contribution in [-0.4, -0.2) is 32.9 Å². The van der Waals surface area contributed by atoms with Crippen LogP contribution in [0.15, 0.2) is 48.5 Å². The van der Waals surface area contributed by atoms with Crippen LogP contribution in [0.2, 0.25) is 0 Å². The number of nitrogens with zero attached hydrogens (tertiary/aromatic N) is 1. The van der Waals surface area contributed by atoms with Gasteiger partial charge in [0, 0.05) is 24.2 Å². The molecule has 0 bridgehead atoms. The summed E-state index contributed by atoms with van der Waals surface area (Å²) in [6.45, 7) is 3.39. The van der Waals surface area contributed by atoms with Gasteiger partial charge in [0.25, 0.3) is 0 Å². The molecule has 0 aromatic heterocycles. The standard InChI is InChI=1S/C19H22N2O4S/c1-14-7-9-18(10-8-14)21(26(3,24)25)12-11-19(23)20-17-6-4-5-16(13-17)15(2)22/h4-10,13H,11-12H2,1-3H3,(H,20,23). The number of anilines is 2. The fraction of sp³-hybridized carbons (Fsp3) is 0.263. The Balaban J connectivity index is 2.06. The van der Waals surface area contributed by atoms with Crippen LogP contribution in [0.3, 0.4) is 0 Å². The van der Waals surface area contributed by atoms with Gasteiger partial charge in [-0.25, -0.2) is 8.42 Å². The van der Waals surface area contributed by atoms with E-state index >= 15 is 0 Å². The van der Waals surface area contributed by atoms with Gasteiger partial charge in [-0.3, -0.25) is 13.9 Å². The lowest BCUT2D eigenvalue weighted by molar-refractivity contribution is -0.116. The number of carbonyl (C=O) groups excluding carboxylic acids is 2. The van der Waals surface area contributed by atoms with E-state index in [1.54, 1.807) is 36.4 Å². The predicted octanol–water partition coefficient (Wildman–Crippen LogP) is 2.99. The van der Waals surface area contributed by atoms with Crippen molar-refractivity contribution >= 4 is 33.1 Å². The first-order valence-corrected chi connectivity index (χ1v) is 9.97. The second kappa shape index (κ2) is 8.14. The molecule has 0 aliphatic rings. The Bertz CT molecular complexity index is 905. The lowest BCUT2D eigenvalue weighted by Crippen LogP contribution is -2.33. The lowest BCUT2D eigenvalue weighted by Gasteiger charge is -2.22. The van der Waals surface area contributed by atoms with E-state index in [1.807, 2.05) is 19.1 Å². The molecule has 2 aromatic rings. The molecular formula is C19H22N2O4S. The summed E-state index contributed by atoms with van der Waals surface area (Å²) in [6, 6.07) is 13.7. The summed E-state index contributed by atoms with van der Waals surface area (Å²) < 4.78 is 25.3. The molecule has 138 valence electrons.